The highest BCUT2D eigenvalue weighted by Gasteiger charge is 2.22. The number of halogens is 4. The van der Waals surface area contributed by atoms with Crippen LogP contribution in [0.25, 0.3) is 0 Å². The molecule has 1 N–H and O–H groups in total. The maximum atomic E-state index is 14.1. The Morgan fingerprint density at radius 1 is 1.00 bits per heavy atom. The summed E-state index contributed by atoms with van der Waals surface area (Å²) in [7, 11) is 0. The minimum atomic E-state index is -0.915. The van der Waals surface area contributed by atoms with Crippen LogP contribution >= 0.6 is 15.9 Å². The first-order valence-electron chi connectivity index (χ1n) is 6.67. The van der Waals surface area contributed by atoms with E-state index in [9.17, 15) is 13.2 Å². The molecule has 0 aromatic heterocycles. The van der Waals surface area contributed by atoms with Crippen molar-refractivity contribution in [1.29, 1.82) is 0 Å². The van der Waals surface area contributed by atoms with Crippen LogP contribution in [0.3, 0.4) is 0 Å². The van der Waals surface area contributed by atoms with E-state index in [0.29, 0.717) is 12.1 Å². The molecular formula is C16H15BrF3N. The van der Waals surface area contributed by atoms with Gasteiger partial charge in [-0.25, -0.2) is 13.2 Å². The second-order valence-electron chi connectivity index (χ2n) is 4.67. The molecular weight excluding hydrogens is 343 g/mol. The summed E-state index contributed by atoms with van der Waals surface area (Å²) in [6.07, 6.45) is 0.820. The number of hydrogen-bond acceptors (Lipinski definition) is 1. The Kier molecular flexibility index (Phi) is 5.42. The van der Waals surface area contributed by atoms with Crippen LogP contribution in [-0.4, -0.2) is 6.54 Å². The van der Waals surface area contributed by atoms with Gasteiger partial charge in [0.2, 0.25) is 0 Å². The number of benzene rings is 2. The zero-order valence-corrected chi connectivity index (χ0v) is 13.1. The molecule has 0 bridgehead atoms. The molecule has 0 saturated carbocycles. The summed E-state index contributed by atoms with van der Waals surface area (Å²) in [4.78, 5) is 0. The lowest BCUT2D eigenvalue weighted by molar-refractivity contribution is 0.479. The van der Waals surface area contributed by atoms with Crippen LogP contribution < -0.4 is 5.32 Å². The van der Waals surface area contributed by atoms with E-state index in [2.05, 4.69) is 21.2 Å². The van der Waals surface area contributed by atoms with Crippen LogP contribution in [0.2, 0.25) is 0 Å². The summed E-state index contributed by atoms with van der Waals surface area (Å²) in [6, 6.07) is 7.94. The van der Waals surface area contributed by atoms with E-state index in [-0.39, 0.29) is 10.0 Å². The van der Waals surface area contributed by atoms with E-state index >= 15 is 0 Å². The molecule has 2 aromatic carbocycles. The largest absolute Gasteiger partial charge is 0.306 e. The van der Waals surface area contributed by atoms with E-state index in [0.717, 1.165) is 12.5 Å². The number of rotatable bonds is 5. The van der Waals surface area contributed by atoms with Crippen molar-refractivity contribution in [2.75, 3.05) is 6.54 Å². The third kappa shape index (κ3) is 3.47. The topological polar surface area (TPSA) is 12.0 Å². The molecule has 0 fully saturated rings. The van der Waals surface area contributed by atoms with Gasteiger partial charge in [0.1, 0.15) is 5.82 Å². The predicted octanol–water partition coefficient (Wildman–Crippen LogP) is 4.96. The van der Waals surface area contributed by atoms with Crippen molar-refractivity contribution in [1.82, 2.24) is 5.32 Å². The summed E-state index contributed by atoms with van der Waals surface area (Å²) in [5.74, 6) is -2.27. The molecule has 0 aliphatic rings. The van der Waals surface area contributed by atoms with Gasteiger partial charge in [0.25, 0.3) is 0 Å². The first-order valence-corrected chi connectivity index (χ1v) is 7.46. The molecule has 0 saturated heterocycles. The smallest absolute Gasteiger partial charge is 0.163 e. The van der Waals surface area contributed by atoms with E-state index in [4.69, 9.17) is 0 Å². The van der Waals surface area contributed by atoms with Gasteiger partial charge < -0.3 is 5.32 Å². The Labute approximate surface area is 130 Å². The highest BCUT2D eigenvalue weighted by Crippen LogP contribution is 2.32. The monoisotopic (exact) mass is 357 g/mol. The SMILES string of the molecule is CCCNC(c1cccc(F)c1F)c1cccc(F)c1Br. The van der Waals surface area contributed by atoms with Crippen LogP contribution in [0.5, 0.6) is 0 Å². The maximum Gasteiger partial charge on any atom is 0.163 e. The summed E-state index contributed by atoms with van der Waals surface area (Å²) >= 11 is 3.18. The molecule has 2 rings (SSSR count). The van der Waals surface area contributed by atoms with Crippen molar-refractivity contribution in [3.63, 3.8) is 0 Å². The van der Waals surface area contributed by atoms with E-state index in [1.54, 1.807) is 12.1 Å². The van der Waals surface area contributed by atoms with Crippen molar-refractivity contribution >= 4 is 15.9 Å². The molecule has 0 spiro atoms. The Hall–Kier alpha value is -1.33. The van der Waals surface area contributed by atoms with Crippen molar-refractivity contribution in [2.45, 2.75) is 19.4 Å². The summed E-state index contributed by atoms with van der Waals surface area (Å²) < 4.78 is 41.5. The van der Waals surface area contributed by atoms with Gasteiger partial charge in [-0.15, -0.1) is 0 Å². The molecule has 0 amide bonds. The van der Waals surface area contributed by atoms with Crippen LogP contribution in [0.15, 0.2) is 40.9 Å². The van der Waals surface area contributed by atoms with Crippen LogP contribution in [0, 0.1) is 17.5 Å². The fourth-order valence-electron chi connectivity index (χ4n) is 2.16. The molecule has 21 heavy (non-hydrogen) atoms. The maximum absolute atomic E-state index is 14.1. The van der Waals surface area contributed by atoms with E-state index in [1.165, 1.54) is 18.2 Å². The van der Waals surface area contributed by atoms with Gasteiger partial charge in [-0.05, 0) is 46.6 Å². The summed E-state index contributed by atoms with van der Waals surface area (Å²) in [5.41, 5.74) is 0.697. The average molecular weight is 358 g/mol. The lowest BCUT2D eigenvalue weighted by Crippen LogP contribution is -2.25. The first-order chi connectivity index (χ1) is 10.1. The molecule has 0 aliphatic carbocycles. The summed E-state index contributed by atoms with van der Waals surface area (Å²) in [6.45, 7) is 2.57. The molecule has 2 aromatic rings. The molecule has 1 atom stereocenters. The van der Waals surface area contributed by atoms with Crippen LogP contribution in [0.1, 0.15) is 30.5 Å². The molecule has 0 aliphatic heterocycles. The third-order valence-electron chi connectivity index (χ3n) is 3.18. The first kappa shape index (κ1) is 16.0. The predicted molar refractivity (Wildman–Crippen MR) is 80.6 cm³/mol. The molecule has 5 heteroatoms. The van der Waals surface area contributed by atoms with Crippen LogP contribution in [-0.2, 0) is 0 Å². The zero-order valence-electron chi connectivity index (χ0n) is 11.5. The minimum Gasteiger partial charge on any atom is -0.306 e. The quantitative estimate of drug-likeness (QED) is 0.797. The van der Waals surface area contributed by atoms with Crippen molar-refractivity contribution in [3.8, 4) is 0 Å². The third-order valence-corrected chi connectivity index (χ3v) is 4.02. The number of hydrogen-bond donors (Lipinski definition) is 1. The lowest BCUT2D eigenvalue weighted by atomic mass is 9.97. The molecule has 1 unspecified atom stereocenters. The fourth-order valence-corrected chi connectivity index (χ4v) is 2.66. The Bertz CT molecular complexity index is 579. The minimum absolute atomic E-state index is 0.162. The van der Waals surface area contributed by atoms with Gasteiger partial charge in [-0.3, -0.25) is 0 Å². The van der Waals surface area contributed by atoms with Gasteiger partial charge in [0, 0.05) is 5.56 Å². The van der Waals surface area contributed by atoms with Gasteiger partial charge >= 0.3 is 0 Å². The van der Waals surface area contributed by atoms with Crippen molar-refractivity contribution in [3.05, 3.63) is 69.4 Å². The van der Waals surface area contributed by atoms with Crippen molar-refractivity contribution < 1.29 is 13.2 Å². The average Bonchev–Trinajstić information content (AvgIpc) is 2.47. The second-order valence-corrected chi connectivity index (χ2v) is 5.47. The molecule has 1 nitrogen and oxygen atoms in total. The lowest BCUT2D eigenvalue weighted by Gasteiger charge is -2.21. The van der Waals surface area contributed by atoms with Gasteiger partial charge in [0.05, 0.1) is 10.5 Å². The standard InChI is InChI=1S/C16H15BrF3N/c1-2-9-21-16(10-5-3-7-12(18)14(10)17)11-6-4-8-13(19)15(11)20/h3-8,16,21H,2,9H2,1H3. The van der Waals surface area contributed by atoms with Crippen molar-refractivity contribution in [2.24, 2.45) is 0 Å². The highest BCUT2D eigenvalue weighted by molar-refractivity contribution is 9.10. The number of nitrogens with one attached hydrogen (secondary N) is 1. The fraction of sp³-hybridized carbons (Fsp3) is 0.250. The van der Waals surface area contributed by atoms with E-state index < -0.39 is 23.5 Å². The highest BCUT2D eigenvalue weighted by atomic mass is 79.9. The Balaban J connectivity index is 2.52. The van der Waals surface area contributed by atoms with E-state index in [1.807, 2.05) is 6.92 Å². The zero-order chi connectivity index (χ0) is 15.4. The Morgan fingerprint density at radius 3 is 2.29 bits per heavy atom. The molecule has 0 heterocycles. The molecule has 112 valence electrons. The van der Waals surface area contributed by atoms with Crippen LogP contribution in [0.4, 0.5) is 13.2 Å². The van der Waals surface area contributed by atoms with Gasteiger partial charge in [0.15, 0.2) is 11.6 Å². The second kappa shape index (κ2) is 7.09. The summed E-state index contributed by atoms with van der Waals surface area (Å²) in [5, 5.41) is 3.13. The normalized spacial score (nSPS) is 12.4. The Morgan fingerprint density at radius 2 is 1.62 bits per heavy atom. The van der Waals surface area contributed by atoms with Gasteiger partial charge in [-0.2, -0.15) is 0 Å². The molecule has 0 radical (unpaired) electrons. The van der Waals surface area contributed by atoms with Gasteiger partial charge in [-0.1, -0.05) is 31.2 Å².